The lowest BCUT2D eigenvalue weighted by molar-refractivity contribution is 0.384. The van der Waals surface area contributed by atoms with E-state index in [2.05, 4.69) is 9.97 Å². The molecule has 0 saturated carbocycles. The molecule has 0 bridgehead atoms. The molecule has 0 fully saturated rings. The molecule has 1 aromatic rings. The van der Waals surface area contributed by atoms with Crippen LogP contribution in [0.3, 0.4) is 0 Å². The Morgan fingerprint density at radius 2 is 1.56 bits per heavy atom. The van der Waals surface area contributed by atoms with Crippen molar-refractivity contribution in [2.24, 2.45) is 0 Å². The summed E-state index contributed by atoms with van der Waals surface area (Å²) in [4.78, 5) is 8.56. The van der Waals surface area contributed by atoms with Gasteiger partial charge in [0.1, 0.15) is 0 Å². The Balaban J connectivity index is 3.40. The minimum atomic E-state index is -0.872. The van der Waals surface area contributed by atoms with E-state index in [-0.39, 0.29) is 4.75 Å². The van der Waals surface area contributed by atoms with E-state index in [9.17, 15) is 10.2 Å². The SMILES string of the molecule is Cc1cc(C)nc(S(=C(O)O)C(C)(C)C)n1. The van der Waals surface area contributed by atoms with Crippen LogP contribution in [0, 0.1) is 13.8 Å². The number of nitrogens with zero attached hydrogens (tertiary/aromatic N) is 2. The van der Waals surface area contributed by atoms with Crippen LogP contribution in [0.2, 0.25) is 0 Å². The van der Waals surface area contributed by atoms with Crippen LogP contribution in [0.1, 0.15) is 32.2 Å². The predicted octanol–water partition coefficient (Wildman–Crippen LogP) is 2.72. The Morgan fingerprint density at radius 3 is 1.88 bits per heavy atom. The van der Waals surface area contributed by atoms with Gasteiger partial charge in [0.15, 0.2) is 5.16 Å². The third-order valence-electron chi connectivity index (χ3n) is 1.94. The fourth-order valence-electron chi connectivity index (χ4n) is 1.41. The number of aryl methyl sites for hydroxylation is 2. The lowest BCUT2D eigenvalue weighted by atomic mass is 10.3. The Morgan fingerprint density at radius 1 is 1.12 bits per heavy atom. The van der Waals surface area contributed by atoms with Crippen molar-refractivity contribution in [2.45, 2.75) is 44.5 Å². The molecule has 1 aromatic heterocycles. The maximum absolute atomic E-state index is 9.39. The number of aliphatic hydroxyl groups is 2. The molecule has 0 radical (unpaired) electrons. The van der Waals surface area contributed by atoms with Gasteiger partial charge in [0, 0.05) is 16.1 Å². The topological polar surface area (TPSA) is 66.2 Å². The Kier molecular flexibility index (Phi) is 3.83. The molecule has 0 amide bonds. The average Bonchev–Trinajstić information content (AvgIpc) is 1.96. The van der Waals surface area contributed by atoms with Crippen molar-refractivity contribution in [2.75, 3.05) is 0 Å². The molecular formula is C11H18N2O2S. The Bertz CT molecular complexity index is 412. The second-order valence-electron chi connectivity index (χ2n) is 4.63. The van der Waals surface area contributed by atoms with E-state index in [1.54, 1.807) is 0 Å². The number of hydrogen-bond donors (Lipinski definition) is 2. The molecule has 1 rings (SSSR count). The van der Waals surface area contributed by atoms with Crippen molar-refractivity contribution in [3.63, 3.8) is 0 Å². The lowest BCUT2D eigenvalue weighted by Crippen LogP contribution is -2.17. The zero-order valence-corrected chi connectivity index (χ0v) is 11.1. The molecular weight excluding hydrogens is 224 g/mol. The normalized spacial score (nSPS) is 13.7. The zero-order chi connectivity index (χ0) is 12.5. The predicted molar refractivity (Wildman–Crippen MR) is 67.4 cm³/mol. The van der Waals surface area contributed by atoms with E-state index >= 15 is 0 Å². The number of rotatable bonds is 1. The molecule has 1 atom stereocenters. The van der Waals surface area contributed by atoms with Crippen molar-refractivity contribution in [3.8, 4) is 0 Å². The molecule has 16 heavy (non-hydrogen) atoms. The summed E-state index contributed by atoms with van der Waals surface area (Å²) in [5.74, 6) is 0. The van der Waals surface area contributed by atoms with Crippen LogP contribution >= 0.6 is 10.5 Å². The first kappa shape index (κ1) is 13.3. The standard InChI is InChI=1S/C11H18N2O2S/c1-7-6-8(2)13-9(12-7)16(10(14)15)11(3,4)5/h6,14-15H,1-5H3. The van der Waals surface area contributed by atoms with E-state index < -0.39 is 15.7 Å². The van der Waals surface area contributed by atoms with Gasteiger partial charge >= 0.3 is 0 Å². The summed E-state index contributed by atoms with van der Waals surface area (Å²) in [5.41, 5.74) is 1.68. The molecule has 0 saturated heterocycles. The molecule has 1 heterocycles. The first-order chi connectivity index (χ1) is 7.21. The van der Waals surface area contributed by atoms with E-state index in [1.807, 2.05) is 40.7 Å². The van der Waals surface area contributed by atoms with Crippen molar-refractivity contribution >= 4 is 15.7 Å². The number of aliphatic hydroxyl groups excluding tert-OH is 1. The maximum Gasteiger partial charge on any atom is 0.212 e. The maximum atomic E-state index is 9.39. The highest BCUT2D eigenvalue weighted by Gasteiger charge is 2.23. The second kappa shape index (κ2) is 4.61. The summed E-state index contributed by atoms with van der Waals surface area (Å²) in [6.45, 7) is 9.55. The molecule has 4 nitrogen and oxygen atoms in total. The van der Waals surface area contributed by atoms with Gasteiger partial charge in [-0.15, -0.1) is 0 Å². The fraction of sp³-hybridized carbons (Fsp3) is 0.545. The first-order valence-corrected chi connectivity index (χ1v) is 6.26. The smallest absolute Gasteiger partial charge is 0.212 e. The van der Waals surface area contributed by atoms with Crippen LogP contribution in [-0.4, -0.2) is 30.2 Å². The fourth-order valence-corrected chi connectivity index (χ4v) is 3.14. The van der Waals surface area contributed by atoms with Gasteiger partial charge < -0.3 is 10.2 Å². The minimum Gasteiger partial charge on any atom is -0.336 e. The highest BCUT2D eigenvalue weighted by atomic mass is 32.2. The van der Waals surface area contributed by atoms with Crippen molar-refractivity contribution < 1.29 is 10.2 Å². The number of hydrogen-bond acceptors (Lipinski definition) is 2. The molecule has 0 spiro atoms. The zero-order valence-electron chi connectivity index (χ0n) is 10.3. The summed E-state index contributed by atoms with van der Waals surface area (Å²) < 4.78 is -0.306. The largest absolute Gasteiger partial charge is 0.336 e. The molecule has 0 aliphatic heterocycles. The Labute approximate surface area is 98.3 Å². The highest BCUT2D eigenvalue weighted by Crippen LogP contribution is 2.38. The lowest BCUT2D eigenvalue weighted by Gasteiger charge is -2.23. The second-order valence-corrected chi connectivity index (χ2v) is 7.20. The van der Waals surface area contributed by atoms with Gasteiger partial charge in [-0.05, 0) is 19.9 Å². The molecule has 0 aliphatic rings. The third kappa shape index (κ3) is 3.10. The van der Waals surface area contributed by atoms with Crippen molar-refractivity contribution in [1.82, 2.24) is 9.97 Å². The van der Waals surface area contributed by atoms with Gasteiger partial charge in [0.05, 0.1) is 0 Å². The summed E-state index contributed by atoms with van der Waals surface area (Å²) in [6, 6.07) is 1.86. The monoisotopic (exact) mass is 242 g/mol. The third-order valence-corrected chi connectivity index (χ3v) is 4.08. The first-order valence-electron chi connectivity index (χ1n) is 5.03. The molecule has 5 heteroatoms. The summed E-state index contributed by atoms with van der Waals surface area (Å²) in [5, 5.41) is 18.7. The molecule has 1 unspecified atom stereocenters. The van der Waals surface area contributed by atoms with Crippen LogP contribution in [0.4, 0.5) is 0 Å². The quantitative estimate of drug-likeness (QED) is 0.587. The van der Waals surface area contributed by atoms with E-state index in [4.69, 9.17) is 0 Å². The van der Waals surface area contributed by atoms with Gasteiger partial charge in [-0.2, -0.15) is 0 Å². The molecule has 2 N–H and O–H groups in total. The van der Waals surface area contributed by atoms with E-state index in [1.165, 1.54) is 0 Å². The van der Waals surface area contributed by atoms with Gasteiger partial charge in [-0.3, -0.25) is 0 Å². The van der Waals surface area contributed by atoms with Gasteiger partial charge in [0.25, 0.3) is 0 Å². The summed E-state index contributed by atoms with van der Waals surface area (Å²) in [7, 11) is -0.872. The molecule has 90 valence electrons. The summed E-state index contributed by atoms with van der Waals surface area (Å²) >= 11 is 0. The van der Waals surface area contributed by atoms with Crippen LogP contribution in [0.15, 0.2) is 11.2 Å². The van der Waals surface area contributed by atoms with Crippen LogP contribution in [0.5, 0.6) is 0 Å². The van der Waals surface area contributed by atoms with Crippen molar-refractivity contribution in [3.05, 3.63) is 17.5 Å². The average molecular weight is 242 g/mol. The van der Waals surface area contributed by atoms with Gasteiger partial charge in [0.2, 0.25) is 5.24 Å². The van der Waals surface area contributed by atoms with Gasteiger partial charge in [-0.1, -0.05) is 31.3 Å². The van der Waals surface area contributed by atoms with Crippen molar-refractivity contribution in [1.29, 1.82) is 0 Å². The number of aromatic nitrogens is 2. The van der Waals surface area contributed by atoms with Gasteiger partial charge in [-0.25, -0.2) is 9.97 Å². The van der Waals surface area contributed by atoms with E-state index in [0.29, 0.717) is 5.16 Å². The van der Waals surface area contributed by atoms with E-state index in [0.717, 1.165) is 11.4 Å². The van der Waals surface area contributed by atoms with Crippen LogP contribution in [-0.2, 0) is 0 Å². The molecule has 0 aromatic carbocycles. The highest BCUT2D eigenvalue weighted by molar-refractivity contribution is 8.16. The van der Waals surface area contributed by atoms with Crippen LogP contribution < -0.4 is 0 Å². The minimum absolute atomic E-state index is 0.306. The van der Waals surface area contributed by atoms with Crippen LogP contribution in [0.25, 0.3) is 0 Å². The molecule has 0 aliphatic carbocycles. The summed E-state index contributed by atoms with van der Waals surface area (Å²) in [6.07, 6.45) is 0. The Hall–Kier alpha value is -0.780.